The molecule has 0 radical (unpaired) electrons. The van der Waals surface area contributed by atoms with Crippen molar-refractivity contribution in [1.29, 1.82) is 0 Å². The molecule has 3 aromatic rings. The number of para-hydroxylation sites is 1. The lowest BCUT2D eigenvalue weighted by molar-refractivity contribution is -0.138. The van der Waals surface area contributed by atoms with Gasteiger partial charge in [0.15, 0.2) is 0 Å². The first-order valence-corrected chi connectivity index (χ1v) is 6.93. The lowest BCUT2D eigenvalue weighted by Crippen LogP contribution is -2.13. The molecule has 122 valence electrons. The largest absolute Gasteiger partial charge is 0.422 e. The molecule has 0 aliphatic rings. The molecule has 0 saturated carbocycles. The molecule has 7 heteroatoms. The van der Waals surface area contributed by atoms with Gasteiger partial charge < -0.3 is 4.74 Å². The molecule has 0 aliphatic heterocycles. The highest BCUT2D eigenvalue weighted by Gasteiger charge is 2.34. The zero-order valence-electron chi connectivity index (χ0n) is 12.2. The third-order valence-corrected chi connectivity index (χ3v) is 3.27. The van der Waals surface area contributed by atoms with E-state index in [0.29, 0.717) is 5.69 Å². The molecule has 0 saturated heterocycles. The molecule has 0 unspecified atom stereocenters. The summed E-state index contributed by atoms with van der Waals surface area (Å²) in [5, 5.41) is 4.04. The minimum atomic E-state index is -4.60. The second kappa shape index (κ2) is 6.19. The molecule has 4 nitrogen and oxygen atoms in total. The van der Waals surface area contributed by atoms with E-state index in [1.54, 1.807) is 35.3 Å². The van der Waals surface area contributed by atoms with Crippen LogP contribution >= 0.6 is 0 Å². The maximum Gasteiger partial charge on any atom is 0.419 e. The van der Waals surface area contributed by atoms with Gasteiger partial charge in [-0.05, 0) is 42.5 Å². The van der Waals surface area contributed by atoms with Crippen LogP contribution in [0, 0.1) is 0 Å². The van der Waals surface area contributed by atoms with E-state index in [1.807, 2.05) is 0 Å². The number of carbonyl (C=O) groups excluding carboxylic acids is 1. The monoisotopic (exact) mass is 332 g/mol. The Labute approximate surface area is 135 Å². The van der Waals surface area contributed by atoms with Crippen LogP contribution in [0.2, 0.25) is 0 Å². The van der Waals surface area contributed by atoms with E-state index < -0.39 is 23.5 Å². The molecular weight excluding hydrogens is 321 g/mol. The van der Waals surface area contributed by atoms with Crippen molar-refractivity contribution in [3.8, 4) is 11.4 Å². The number of benzene rings is 2. The van der Waals surface area contributed by atoms with Crippen molar-refractivity contribution in [3.05, 3.63) is 78.1 Å². The molecule has 0 bridgehead atoms. The summed E-state index contributed by atoms with van der Waals surface area (Å²) in [6, 6.07) is 12.5. The molecule has 1 heterocycles. The van der Waals surface area contributed by atoms with Crippen LogP contribution in [-0.4, -0.2) is 15.7 Å². The van der Waals surface area contributed by atoms with E-state index in [1.165, 1.54) is 24.3 Å². The average molecular weight is 332 g/mol. The summed E-state index contributed by atoms with van der Waals surface area (Å²) >= 11 is 0. The highest BCUT2D eigenvalue weighted by atomic mass is 19.4. The van der Waals surface area contributed by atoms with Crippen molar-refractivity contribution in [2.75, 3.05) is 0 Å². The third kappa shape index (κ3) is 3.29. The fraction of sp³-hybridized carbons (Fsp3) is 0.0588. The third-order valence-electron chi connectivity index (χ3n) is 3.27. The number of ether oxygens (including phenoxy) is 1. The van der Waals surface area contributed by atoms with E-state index in [4.69, 9.17) is 4.74 Å². The lowest BCUT2D eigenvalue weighted by atomic mass is 10.2. The molecule has 24 heavy (non-hydrogen) atoms. The molecule has 0 spiro atoms. The zero-order valence-corrected chi connectivity index (χ0v) is 12.2. The number of alkyl halides is 3. The first kappa shape index (κ1) is 15.8. The van der Waals surface area contributed by atoms with Gasteiger partial charge in [-0.15, -0.1) is 0 Å². The van der Waals surface area contributed by atoms with Crippen LogP contribution in [0.4, 0.5) is 13.2 Å². The first-order valence-electron chi connectivity index (χ1n) is 6.93. The van der Waals surface area contributed by atoms with Gasteiger partial charge in [0.05, 0.1) is 16.8 Å². The normalized spacial score (nSPS) is 11.3. The summed E-state index contributed by atoms with van der Waals surface area (Å²) in [4.78, 5) is 12.1. The van der Waals surface area contributed by atoms with Crippen LogP contribution in [0.15, 0.2) is 67.0 Å². The highest BCUT2D eigenvalue weighted by molar-refractivity contribution is 5.91. The summed E-state index contributed by atoms with van der Waals surface area (Å²) in [5.74, 6) is -1.38. The molecule has 1 aromatic heterocycles. The van der Waals surface area contributed by atoms with Gasteiger partial charge in [-0.1, -0.05) is 12.1 Å². The van der Waals surface area contributed by atoms with Crippen LogP contribution in [-0.2, 0) is 6.18 Å². The molecule has 0 N–H and O–H groups in total. The van der Waals surface area contributed by atoms with Gasteiger partial charge in [-0.25, -0.2) is 9.48 Å². The van der Waals surface area contributed by atoms with Gasteiger partial charge in [-0.3, -0.25) is 0 Å². The minimum Gasteiger partial charge on any atom is -0.422 e. The molecule has 0 fully saturated rings. The van der Waals surface area contributed by atoms with Crippen molar-refractivity contribution in [2.24, 2.45) is 0 Å². The molecule has 0 atom stereocenters. The van der Waals surface area contributed by atoms with Crippen molar-refractivity contribution >= 4 is 5.97 Å². The Hall–Kier alpha value is -3.09. The molecule has 2 aromatic carbocycles. The molecule has 0 aliphatic carbocycles. The quantitative estimate of drug-likeness (QED) is 0.535. The van der Waals surface area contributed by atoms with Gasteiger partial charge in [0, 0.05) is 12.4 Å². The molecule has 3 rings (SSSR count). The Balaban J connectivity index is 1.81. The summed E-state index contributed by atoms with van der Waals surface area (Å²) in [5.41, 5.74) is -0.137. The van der Waals surface area contributed by atoms with Crippen LogP contribution in [0.5, 0.6) is 5.75 Å². The lowest BCUT2D eigenvalue weighted by Gasteiger charge is -2.12. The second-order valence-corrected chi connectivity index (χ2v) is 4.88. The topological polar surface area (TPSA) is 44.1 Å². The van der Waals surface area contributed by atoms with E-state index in [9.17, 15) is 18.0 Å². The molecular formula is C17H11F3N2O2. The number of hydrogen-bond acceptors (Lipinski definition) is 3. The van der Waals surface area contributed by atoms with Crippen molar-refractivity contribution < 1.29 is 22.7 Å². The Morgan fingerprint density at radius 2 is 1.71 bits per heavy atom. The van der Waals surface area contributed by atoms with Gasteiger partial charge in [-0.2, -0.15) is 18.3 Å². The van der Waals surface area contributed by atoms with Gasteiger partial charge in [0.25, 0.3) is 0 Å². The number of hydrogen-bond donors (Lipinski definition) is 0. The summed E-state index contributed by atoms with van der Waals surface area (Å²) < 4.78 is 45.2. The van der Waals surface area contributed by atoms with Gasteiger partial charge in [0.2, 0.25) is 0 Å². The Morgan fingerprint density at radius 1 is 1.00 bits per heavy atom. The van der Waals surface area contributed by atoms with Crippen LogP contribution in [0.1, 0.15) is 15.9 Å². The van der Waals surface area contributed by atoms with Crippen LogP contribution in [0.25, 0.3) is 5.69 Å². The standard InChI is InChI=1S/C17H11F3N2O2/c18-17(19,20)14-4-1-2-5-15(14)24-16(23)12-6-8-13(9-7-12)22-11-3-10-21-22/h1-11H. The average Bonchev–Trinajstić information content (AvgIpc) is 3.09. The Kier molecular flexibility index (Phi) is 4.07. The summed E-state index contributed by atoms with van der Waals surface area (Å²) in [6.45, 7) is 0. The fourth-order valence-corrected chi connectivity index (χ4v) is 2.12. The maximum absolute atomic E-state index is 12.9. The number of rotatable bonds is 3. The fourth-order valence-electron chi connectivity index (χ4n) is 2.12. The minimum absolute atomic E-state index is 0.142. The predicted octanol–water partition coefficient (Wildman–Crippen LogP) is 4.11. The first-order chi connectivity index (χ1) is 11.4. The summed E-state index contributed by atoms with van der Waals surface area (Å²) in [7, 11) is 0. The van der Waals surface area contributed by atoms with Crippen LogP contribution in [0.3, 0.4) is 0 Å². The van der Waals surface area contributed by atoms with Crippen molar-refractivity contribution in [3.63, 3.8) is 0 Å². The van der Waals surface area contributed by atoms with E-state index in [0.717, 1.165) is 12.1 Å². The van der Waals surface area contributed by atoms with E-state index >= 15 is 0 Å². The number of carbonyl (C=O) groups is 1. The number of esters is 1. The predicted molar refractivity (Wildman–Crippen MR) is 80.0 cm³/mol. The van der Waals surface area contributed by atoms with Gasteiger partial charge >= 0.3 is 12.1 Å². The van der Waals surface area contributed by atoms with E-state index in [2.05, 4.69) is 5.10 Å². The maximum atomic E-state index is 12.9. The Bertz CT molecular complexity index is 841. The number of nitrogens with zero attached hydrogens (tertiary/aromatic N) is 2. The SMILES string of the molecule is O=C(Oc1ccccc1C(F)(F)F)c1ccc(-n2cccn2)cc1. The van der Waals surface area contributed by atoms with E-state index in [-0.39, 0.29) is 5.56 Å². The summed E-state index contributed by atoms with van der Waals surface area (Å²) in [6.07, 6.45) is -1.26. The second-order valence-electron chi connectivity index (χ2n) is 4.88. The highest BCUT2D eigenvalue weighted by Crippen LogP contribution is 2.36. The van der Waals surface area contributed by atoms with Crippen molar-refractivity contribution in [2.45, 2.75) is 6.18 Å². The van der Waals surface area contributed by atoms with Gasteiger partial charge in [0.1, 0.15) is 5.75 Å². The Morgan fingerprint density at radius 3 is 2.33 bits per heavy atom. The molecule has 0 amide bonds. The van der Waals surface area contributed by atoms with Crippen LogP contribution < -0.4 is 4.74 Å². The smallest absolute Gasteiger partial charge is 0.419 e. The number of aromatic nitrogens is 2. The van der Waals surface area contributed by atoms with Crippen molar-refractivity contribution in [1.82, 2.24) is 9.78 Å². The number of halogens is 3. The zero-order chi connectivity index (χ0) is 17.2.